The summed E-state index contributed by atoms with van der Waals surface area (Å²) in [7, 11) is 1.27. The van der Waals surface area contributed by atoms with Crippen molar-refractivity contribution in [3.63, 3.8) is 0 Å². The van der Waals surface area contributed by atoms with Gasteiger partial charge in [0.2, 0.25) is 5.91 Å². The summed E-state index contributed by atoms with van der Waals surface area (Å²) in [4.78, 5) is 29.3. The van der Waals surface area contributed by atoms with Crippen LogP contribution in [0.4, 0.5) is 4.79 Å². The molecule has 7 nitrogen and oxygen atoms in total. The molecule has 23 heavy (non-hydrogen) atoms. The zero-order chi connectivity index (χ0) is 16.2. The SMILES string of the molecule is COC(=O)NCC(=O)N1CCC(c2nc3ccccc3o2)CC1. The fraction of sp³-hybridized carbons (Fsp3) is 0.438. The van der Waals surface area contributed by atoms with E-state index in [1.165, 1.54) is 7.11 Å². The number of hydrogen-bond acceptors (Lipinski definition) is 5. The number of para-hydroxylation sites is 2. The number of ether oxygens (including phenoxy) is 1. The fourth-order valence-electron chi connectivity index (χ4n) is 2.77. The van der Waals surface area contributed by atoms with Crippen molar-refractivity contribution in [1.82, 2.24) is 15.2 Å². The van der Waals surface area contributed by atoms with Gasteiger partial charge < -0.3 is 19.4 Å². The smallest absolute Gasteiger partial charge is 0.407 e. The number of alkyl carbamates (subject to hydrolysis) is 1. The minimum Gasteiger partial charge on any atom is -0.453 e. The zero-order valence-corrected chi connectivity index (χ0v) is 12.9. The second kappa shape index (κ2) is 6.68. The molecule has 2 amide bonds. The maximum Gasteiger partial charge on any atom is 0.407 e. The molecule has 0 spiro atoms. The highest BCUT2D eigenvalue weighted by Crippen LogP contribution is 2.29. The molecule has 1 aliphatic rings. The molecule has 1 saturated heterocycles. The van der Waals surface area contributed by atoms with Gasteiger partial charge in [-0.05, 0) is 25.0 Å². The first-order valence-corrected chi connectivity index (χ1v) is 7.62. The van der Waals surface area contributed by atoms with Crippen LogP contribution >= 0.6 is 0 Å². The molecule has 1 fully saturated rings. The van der Waals surface area contributed by atoms with Crippen molar-refractivity contribution in [2.45, 2.75) is 18.8 Å². The predicted octanol–water partition coefficient (Wildman–Crippen LogP) is 1.89. The van der Waals surface area contributed by atoms with Gasteiger partial charge in [0.05, 0.1) is 7.11 Å². The standard InChI is InChI=1S/C16H19N3O4/c1-22-16(21)17-10-14(20)19-8-6-11(7-9-19)15-18-12-4-2-3-5-13(12)23-15/h2-5,11H,6-10H2,1H3,(H,17,21). The summed E-state index contributed by atoms with van der Waals surface area (Å²) in [5.74, 6) is 0.859. The van der Waals surface area contributed by atoms with Crippen molar-refractivity contribution in [1.29, 1.82) is 0 Å². The number of oxazole rings is 1. The maximum absolute atomic E-state index is 12.0. The number of carbonyl (C=O) groups is 2. The number of rotatable bonds is 3. The number of piperidine rings is 1. The minimum absolute atomic E-state index is 0.0414. The van der Waals surface area contributed by atoms with Crippen molar-refractivity contribution in [2.24, 2.45) is 0 Å². The molecular formula is C16H19N3O4. The van der Waals surface area contributed by atoms with Gasteiger partial charge in [-0.1, -0.05) is 12.1 Å². The lowest BCUT2D eigenvalue weighted by molar-refractivity contribution is -0.131. The monoisotopic (exact) mass is 317 g/mol. The molecule has 0 unspecified atom stereocenters. The Balaban J connectivity index is 1.55. The van der Waals surface area contributed by atoms with Crippen molar-refractivity contribution in [2.75, 3.05) is 26.7 Å². The van der Waals surface area contributed by atoms with E-state index in [0.717, 1.165) is 29.8 Å². The molecule has 0 bridgehead atoms. The molecule has 0 radical (unpaired) electrons. The van der Waals surface area contributed by atoms with Crippen molar-refractivity contribution < 1.29 is 18.7 Å². The summed E-state index contributed by atoms with van der Waals surface area (Å²) in [6.45, 7) is 1.22. The van der Waals surface area contributed by atoms with E-state index in [4.69, 9.17) is 4.42 Å². The molecule has 1 aromatic carbocycles. The summed E-state index contributed by atoms with van der Waals surface area (Å²) < 4.78 is 10.3. The second-order valence-corrected chi connectivity index (χ2v) is 5.52. The van der Waals surface area contributed by atoms with E-state index in [-0.39, 0.29) is 18.4 Å². The van der Waals surface area contributed by atoms with Crippen LogP contribution in [0.5, 0.6) is 0 Å². The van der Waals surface area contributed by atoms with Crippen LogP contribution in [-0.4, -0.2) is 48.6 Å². The molecule has 0 aliphatic carbocycles. The number of aromatic nitrogens is 1. The van der Waals surface area contributed by atoms with Gasteiger partial charge in [0, 0.05) is 19.0 Å². The first-order chi connectivity index (χ1) is 11.2. The molecule has 1 aliphatic heterocycles. The molecule has 3 rings (SSSR count). The van der Waals surface area contributed by atoms with E-state index in [0.29, 0.717) is 13.1 Å². The van der Waals surface area contributed by atoms with Crippen LogP contribution in [0.2, 0.25) is 0 Å². The normalized spacial score (nSPS) is 15.6. The van der Waals surface area contributed by atoms with Gasteiger partial charge in [0.25, 0.3) is 0 Å². The van der Waals surface area contributed by atoms with Gasteiger partial charge in [-0.25, -0.2) is 9.78 Å². The van der Waals surface area contributed by atoms with Gasteiger partial charge in [0.1, 0.15) is 12.1 Å². The number of methoxy groups -OCH3 is 1. The number of amides is 2. The number of fused-ring (bicyclic) bond motifs is 1. The van der Waals surface area contributed by atoms with E-state index in [1.807, 2.05) is 24.3 Å². The Labute approximate surface area is 133 Å². The van der Waals surface area contributed by atoms with Gasteiger partial charge in [-0.3, -0.25) is 4.79 Å². The van der Waals surface area contributed by atoms with Crippen molar-refractivity contribution in [3.8, 4) is 0 Å². The number of nitrogens with one attached hydrogen (secondary N) is 1. The van der Waals surface area contributed by atoms with Crippen LogP contribution in [0.1, 0.15) is 24.7 Å². The maximum atomic E-state index is 12.0. The largest absolute Gasteiger partial charge is 0.453 e. The summed E-state index contributed by atoms with van der Waals surface area (Å²) >= 11 is 0. The van der Waals surface area contributed by atoms with Crippen LogP contribution in [0, 0.1) is 0 Å². The molecule has 1 aromatic heterocycles. The van der Waals surface area contributed by atoms with Crippen LogP contribution in [0.15, 0.2) is 28.7 Å². The number of benzene rings is 1. The van der Waals surface area contributed by atoms with E-state index in [1.54, 1.807) is 4.90 Å². The van der Waals surface area contributed by atoms with Crippen molar-refractivity contribution >= 4 is 23.1 Å². The number of likely N-dealkylation sites (tertiary alicyclic amines) is 1. The first kappa shape index (κ1) is 15.3. The summed E-state index contributed by atoms with van der Waals surface area (Å²) in [5, 5.41) is 2.41. The lowest BCUT2D eigenvalue weighted by Gasteiger charge is -2.30. The van der Waals surface area contributed by atoms with Crippen LogP contribution in [0.25, 0.3) is 11.1 Å². The number of nitrogens with zero attached hydrogens (tertiary/aromatic N) is 2. The molecule has 7 heteroatoms. The van der Waals surface area contributed by atoms with Gasteiger partial charge in [0.15, 0.2) is 11.5 Å². The van der Waals surface area contributed by atoms with Crippen LogP contribution in [-0.2, 0) is 9.53 Å². The summed E-state index contributed by atoms with van der Waals surface area (Å²) in [5.41, 5.74) is 1.66. The highest BCUT2D eigenvalue weighted by atomic mass is 16.5. The van der Waals surface area contributed by atoms with E-state index < -0.39 is 6.09 Å². The molecule has 122 valence electrons. The molecule has 1 N–H and O–H groups in total. The lowest BCUT2D eigenvalue weighted by Crippen LogP contribution is -2.43. The number of hydrogen-bond donors (Lipinski definition) is 1. The first-order valence-electron chi connectivity index (χ1n) is 7.62. The van der Waals surface area contributed by atoms with E-state index in [9.17, 15) is 9.59 Å². The zero-order valence-electron chi connectivity index (χ0n) is 12.9. The van der Waals surface area contributed by atoms with Gasteiger partial charge >= 0.3 is 6.09 Å². The Hall–Kier alpha value is -2.57. The Morgan fingerprint density at radius 3 is 2.78 bits per heavy atom. The number of carbonyl (C=O) groups excluding carboxylic acids is 2. The summed E-state index contributed by atoms with van der Waals surface area (Å²) in [6, 6.07) is 7.69. The third kappa shape index (κ3) is 3.44. The fourth-order valence-corrected chi connectivity index (χ4v) is 2.77. The predicted molar refractivity (Wildman–Crippen MR) is 83.0 cm³/mol. The van der Waals surface area contributed by atoms with E-state index >= 15 is 0 Å². The molecule has 0 atom stereocenters. The summed E-state index contributed by atoms with van der Waals surface area (Å²) in [6.07, 6.45) is 1.01. The average Bonchev–Trinajstić information content (AvgIpc) is 3.03. The topological polar surface area (TPSA) is 84.7 Å². The van der Waals surface area contributed by atoms with Crippen LogP contribution in [0.3, 0.4) is 0 Å². The van der Waals surface area contributed by atoms with Crippen molar-refractivity contribution in [3.05, 3.63) is 30.2 Å². The lowest BCUT2D eigenvalue weighted by atomic mass is 9.97. The minimum atomic E-state index is -0.597. The van der Waals surface area contributed by atoms with Crippen LogP contribution < -0.4 is 5.32 Å². The Kier molecular flexibility index (Phi) is 4.45. The molecule has 2 aromatic rings. The quantitative estimate of drug-likeness (QED) is 0.934. The molecular weight excluding hydrogens is 298 g/mol. The Morgan fingerprint density at radius 2 is 2.09 bits per heavy atom. The molecule has 0 saturated carbocycles. The highest BCUT2D eigenvalue weighted by molar-refractivity contribution is 5.82. The second-order valence-electron chi connectivity index (χ2n) is 5.52. The van der Waals surface area contributed by atoms with E-state index in [2.05, 4.69) is 15.0 Å². The Morgan fingerprint density at radius 1 is 1.35 bits per heavy atom. The highest BCUT2D eigenvalue weighted by Gasteiger charge is 2.27. The van der Waals surface area contributed by atoms with Gasteiger partial charge in [-0.15, -0.1) is 0 Å². The van der Waals surface area contributed by atoms with Gasteiger partial charge in [-0.2, -0.15) is 0 Å². The third-order valence-corrected chi connectivity index (χ3v) is 4.08. The average molecular weight is 317 g/mol. The molecule has 2 heterocycles. The Bertz CT molecular complexity index is 671. The third-order valence-electron chi connectivity index (χ3n) is 4.08.